The van der Waals surface area contributed by atoms with Crippen molar-refractivity contribution in [1.82, 2.24) is 14.7 Å². The van der Waals surface area contributed by atoms with Gasteiger partial charge in [-0.2, -0.15) is 0 Å². The molecule has 12 heteroatoms. The Bertz CT molecular complexity index is 1210. The summed E-state index contributed by atoms with van der Waals surface area (Å²) in [7, 11) is 3.69. The highest BCUT2D eigenvalue weighted by Crippen LogP contribution is 2.38. The maximum absolute atomic E-state index is 14.5. The van der Waals surface area contributed by atoms with Crippen LogP contribution < -0.4 is 24.4 Å². The van der Waals surface area contributed by atoms with Crippen LogP contribution in [-0.2, 0) is 10.0 Å². The Morgan fingerprint density at radius 3 is 2.35 bits per heavy atom. The minimum Gasteiger partial charge on any atom is -0.497 e. The lowest BCUT2D eigenvalue weighted by molar-refractivity contribution is 0.398. The number of hydrogen-bond acceptors (Lipinski definition) is 8. The zero-order valence-corrected chi connectivity index (χ0v) is 19.2. The number of nitrogens with zero attached hydrogens (tertiary/aromatic N) is 3. The summed E-state index contributed by atoms with van der Waals surface area (Å²) in [5.41, 5.74) is 1.33. The molecular formula is C19H23ClFN5O4S. The van der Waals surface area contributed by atoms with Gasteiger partial charge in [0.05, 0.1) is 36.5 Å². The van der Waals surface area contributed by atoms with Crippen LogP contribution in [0.15, 0.2) is 35.5 Å². The standard InChI is InChI=1S/C19H22FN5O4S.ClH/c1-21-30(26,27)17-9-13(15(25(2)3)8-12(17)20)24-19-18-14(22-10-23-19)6-11(28-4)7-16(18)29-5;/h6-10,21H,1-5H3,(H,22,23,24);1H. The first-order chi connectivity index (χ1) is 14.2. The summed E-state index contributed by atoms with van der Waals surface area (Å²) in [6, 6.07) is 5.78. The first-order valence-corrected chi connectivity index (χ1v) is 10.3. The van der Waals surface area contributed by atoms with Crippen molar-refractivity contribution in [2.24, 2.45) is 0 Å². The molecule has 31 heavy (non-hydrogen) atoms. The molecule has 2 N–H and O–H groups in total. The van der Waals surface area contributed by atoms with Gasteiger partial charge in [-0.05, 0) is 13.1 Å². The second kappa shape index (κ2) is 9.50. The Morgan fingerprint density at radius 2 is 1.77 bits per heavy atom. The van der Waals surface area contributed by atoms with Crippen LogP contribution in [0.25, 0.3) is 10.9 Å². The van der Waals surface area contributed by atoms with E-state index in [4.69, 9.17) is 9.47 Å². The molecule has 0 spiro atoms. The van der Waals surface area contributed by atoms with Crippen LogP contribution in [-0.4, -0.2) is 53.7 Å². The molecule has 0 aliphatic carbocycles. The van der Waals surface area contributed by atoms with Gasteiger partial charge in [0.15, 0.2) is 0 Å². The molecule has 3 aromatic rings. The highest BCUT2D eigenvalue weighted by atomic mass is 35.5. The molecule has 168 valence electrons. The highest BCUT2D eigenvalue weighted by molar-refractivity contribution is 7.89. The zero-order valence-electron chi connectivity index (χ0n) is 17.6. The Kier molecular flexibility index (Phi) is 7.47. The van der Waals surface area contributed by atoms with Crippen molar-refractivity contribution in [3.8, 4) is 11.5 Å². The molecule has 0 bridgehead atoms. The number of sulfonamides is 1. The number of nitrogens with one attached hydrogen (secondary N) is 2. The highest BCUT2D eigenvalue weighted by Gasteiger charge is 2.22. The summed E-state index contributed by atoms with van der Waals surface area (Å²) in [6.07, 6.45) is 1.35. The van der Waals surface area contributed by atoms with Crippen molar-refractivity contribution < 1.29 is 22.3 Å². The fourth-order valence-corrected chi connectivity index (χ4v) is 3.77. The van der Waals surface area contributed by atoms with E-state index >= 15 is 0 Å². The summed E-state index contributed by atoms with van der Waals surface area (Å²) < 4.78 is 51.9. The Labute approximate surface area is 186 Å². The number of fused-ring (bicyclic) bond motifs is 1. The molecule has 0 saturated carbocycles. The van der Waals surface area contributed by atoms with E-state index in [9.17, 15) is 12.8 Å². The van der Waals surface area contributed by atoms with Crippen LogP contribution >= 0.6 is 12.4 Å². The van der Waals surface area contributed by atoms with Crippen LogP contribution in [0.2, 0.25) is 0 Å². The molecule has 0 aliphatic rings. The molecule has 0 atom stereocenters. The van der Waals surface area contributed by atoms with E-state index in [-0.39, 0.29) is 12.4 Å². The minimum absolute atomic E-state index is 0. The summed E-state index contributed by atoms with van der Waals surface area (Å²) in [5, 5.41) is 3.66. The fourth-order valence-electron chi connectivity index (χ4n) is 2.96. The van der Waals surface area contributed by atoms with E-state index in [1.54, 1.807) is 31.1 Å². The second-order valence-corrected chi connectivity index (χ2v) is 8.33. The number of anilines is 3. The van der Waals surface area contributed by atoms with Crippen LogP contribution in [0.3, 0.4) is 0 Å². The number of ether oxygens (including phenoxy) is 2. The fraction of sp³-hybridized carbons (Fsp3) is 0.263. The molecule has 0 amide bonds. The van der Waals surface area contributed by atoms with Gasteiger partial charge in [-0.1, -0.05) is 0 Å². The van der Waals surface area contributed by atoms with Gasteiger partial charge in [-0.15, -0.1) is 12.4 Å². The van der Waals surface area contributed by atoms with Gasteiger partial charge < -0.3 is 19.7 Å². The summed E-state index contributed by atoms with van der Waals surface area (Å²) in [4.78, 5) is 9.71. The molecular weight excluding hydrogens is 449 g/mol. The number of benzene rings is 2. The van der Waals surface area contributed by atoms with Gasteiger partial charge in [-0.25, -0.2) is 27.5 Å². The molecule has 3 rings (SSSR count). The van der Waals surface area contributed by atoms with E-state index in [0.717, 1.165) is 6.07 Å². The van der Waals surface area contributed by atoms with Crippen LogP contribution in [0.5, 0.6) is 11.5 Å². The summed E-state index contributed by atoms with van der Waals surface area (Å²) >= 11 is 0. The Hall–Kier alpha value is -2.89. The molecule has 1 aromatic heterocycles. The minimum atomic E-state index is -4.01. The summed E-state index contributed by atoms with van der Waals surface area (Å²) in [5.74, 6) is 0.515. The van der Waals surface area contributed by atoms with E-state index in [2.05, 4.69) is 20.0 Å². The van der Waals surface area contributed by atoms with Crippen molar-refractivity contribution in [2.45, 2.75) is 4.90 Å². The maximum Gasteiger partial charge on any atom is 0.243 e. The molecule has 0 unspecified atom stereocenters. The molecule has 1 heterocycles. The second-order valence-electron chi connectivity index (χ2n) is 6.47. The van der Waals surface area contributed by atoms with Gasteiger partial charge in [-0.3, -0.25) is 0 Å². The van der Waals surface area contributed by atoms with Gasteiger partial charge in [0.2, 0.25) is 10.0 Å². The third kappa shape index (κ3) is 4.73. The van der Waals surface area contributed by atoms with Crippen LogP contribution in [0.4, 0.5) is 21.6 Å². The average molecular weight is 472 g/mol. The number of aromatic nitrogens is 2. The molecule has 9 nitrogen and oxygen atoms in total. The van der Waals surface area contributed by atoms with Crippen molar-refractivity contribution >= 4 is 50.5 Å². The normalized spacial score (nSPS) is 11.0. The smallest absolute Gasteiger partial charge is 0.243 e. The van der Waals surface area contributed by atoms with Gasteiger partial charge in [0.25, 0.3) is 0 Å². The predicted octanol–water partition coefficient (Wildman–Crippen LogP) is 2.93. The molecule has 0 fully saturated rings. The summed E-state index contributed by atoms with van der Waals surface area (Å²) in [6.45, 7) is 0. The third-order valence-electron chi connectivity index (χ3n) is 4.47. The van der Waals surface area contributed by atoms with E-state index in [0.29, 0.717) is 39.6 Å². The topological polar surface area (TPSA) is 106 Å². The Balaban J connectivity index is 0.00000341. The van der Waals surface area contributed by atoms with Crippen LogP contribution in [0.1, 0.15) is 0 Å². The van der Waals surface area contributed by atoms with Gasteiger partial charge in [0.1, 0.15) is 34.4 Å². The molecule has 0 aliphatic heterocycles. The SMILES string of the molecule is CNS(=O)(=O)c1cc(Nc2ncnc3cc(OC)cc(OC)c23)c(N(C)C)cc1F.Cl. The monoisotopic (exact) mass is 471 g/mol. The largest absolute Gasteiger partial charge is 0.497 e. The predicted molar refractivity (Wildman–Crippen MR) is 120 cm³/mol. The quantitative estimate of drug-likeness (QED) is 0.542. The first-order valence-electron chi connectivity index (χ1n) is 8.80. The van der Waals surface area contributed by atoms with Gasteiger partial charge >= 0.3 is 0 Å². The van der Waals surface area contributed by atoms with E-state index < -0.39 is 20.7 Å². The van der Waals surface area contributed by atoms with Crippen molar-refractivity contribution in [3.63, 3.8) is 0 Å². The number of hydrogen-bond donors (Lipinski definition) is 2. The maximum atomic E-state index is 14.5. The molecule has 2 aromatic carbocycles. The molecule has 0 radical (unpaired) electrons. The first kappa shape index (κ1) is 24.4. The van der Waals surface area contributed by atoms with Crippen molar-refractivity contribution in [1.29, 1.82) is 0 Å². The lowest BCUT2D eigenvalue weighted by Gasteiger charge is -2.21. The zero-order chi connectivity index (χ0) is 22.1. The van der Waals surface area contributed by atoms with Crippen LogP contribution in [0, 0.1) is 5.82 Å². The number of halogens is 2. The third-order valence-corrected chi connectivity index (χ3v) is 5.90. The lowest BCUT2D eigenvalue weighted by atomic mass is 10.2. The van der Waals surface area contributed by atoms with Gasteiger partial charge in [0, 0.05) is 32.3 Å². The number of methoxy groups -OCH3 is 2. The molecule has 0 saturated heterocycles. The number of rotatable bonds is 7. The Morgan fingerprint density at radius 1 is 1.06 bits per heavy atom. The average Bonchev–Trinajstić information content (AvgIpc) is 2.73. The van der Waals surface area contributed by atoms with Crippen molar-refractivity contribution in [2.75, 3.05) is 45.6 Å². The van der Waals surface area contributed by atoms with Crippen molar-refractivity contribution in [3.05, 3.63) is 36.4 Å². The van der Waals surface area contributed by atoms with E-state index in [1.165, 1.54) is 33.7 Å². The lowest BCUT2D eigenvalue weighted by Crippen LogP contribution is -2.21. The van der Waals surface area contributed by atoms with E-state index in [1.807, 2.05) is 0 Å².